The second-order valence-electron chi connectivity index (χ2n) is 5.67. The molecule has 2 heterocycles. The van der Waals surface area contributed by atoms with Gasteiger partial charge in [0.05, 0.1) is 16.9 Å². The summed E-state index contributed by atoms with van der Waals surface area (Å²) in [5.41, 5.74) is 0.801. The van der Waals surface area contributed by atoms with Crippen LogP contribution < -0.4 is 15.0 Å². The molecule has 0 saturated heterocycles. The molecule has 3 aromatic rings. The highest BCUT2D eigenvalue weighted by Gasteiger charge is 2.27. The minimum absolute atomic E-state index is 0.0419. The van der Waals surface area contributed by atoms with Gasteiger partial charge >= 0.3 is 0 Å². The molecular formula is C17H12ClFN4O3. The van der Waals surface area contributed by atoms with Gasteiger partial charge in [0.2, 0.25) is 5.91 Å². The first-order valence-electron chi connectivity index (χ1n) is 7.68. The highest BCUT2D eigenvalue weighted by atomic mass is 35.5. The summed E-state index contributed by atoms with van der Waals surface area (Å²) in [6, 6.07) is 9.46. The van der Waals surface area contributed by atoms with E-state index >= 15 is 0 Å². The molecule has 0 spiro atoms. The van der Waals surface area contributed by atoms with Gasteiger partial charge in [-0.15, -0.1) is 0 Å². The molecule has 0 unspecified atom stereocenters. The second-order valence-corrected chi connectivity index (χ2v) is 6.05. The van der Waals surface area contributed by atoms with Crippen molar-refractivity contribution < 1.29 is 18.7 Å². The maximum Gasteiger partial charge on any atom is 0.265 e. The first-order valence-corrected chi connectivity index (χ1v) is 8.06. The van der Waals surface area contributed by atoms with Gasteiger partial charge in [-0.2, -0.15) is 5.10 Å². The summed E-state index contributed by atoms with van der Waals surface area (Å²) in [4.78, 5) is 25.8. The summed E-state index contributed by atoms with van der Waals surface area (Å²) in [5, 5.41) is 9.58. The maximum absolute atomic E-state index is 14.2. The molecule has 4 rings (SSSR count). The van der Waals surface area contributed by atoms with E-state index in [4.69, 9.17) is 16.3 Å². The van der Waals surface area contributed by atoms with Crippen LogP contribution in [-0.2, 0) is 9.59 Å². The van der Waals surface area contributed by atoms with Gasteiger partial charge < -0.3 is 10.1 Å². The molecule has 132 valence electrons. The van der Waals surface area contributed by atoms with E-state index in [9.17, 15) is 14.0 Å². The van der Waals surface area contributed by atoms with E-state index in [0.29, 0.717) is 22.3 Å². The van der Waals surface area contributed by atoms with Gasteiger partial charge in [-0.3, -0.25) is 19.6 Å². The number of hydrogen-bond acceptors (Lipinski definition) is 4. The fourth-order valence-corrected chi connectivity index (χ4v) is 2.95. The van der Waals surface area contributed by atoms with Gasteiger partial charge in [0.1, 0.15) is 23.3 Å². The van der Waals surface area contributed by atoms with E-state index in [-0.39, 0.29) is 29.9 Å². The summed E-state index contributed by atoms with van der Waals surface area (Å²) in [7, 11) is 0. The van der Waals surface area contributed by atoms with Crippen molar-refractivity contribution in [2.24, 2.45) is 0 Å². The Balaban J connectivity index is 1.57. The number of para-hydroxylation sites is 2. The van der Waals surface area contributed by atoms with Crippen molar-refractivity contribution in [2.75, 3.05) is 23.4 Å². The number of carbonyl (C=O) groups is 2. The predicted molar refractivity (Wildman–Crippen MR) is 94.0 cm³/mol. The molecule has 0 bridgehead atoms. The van der Waals surface area contributed by atoms with Crippen molar-refractivity contribution in [3.63, 3.8) is 0 Å². The third-order valence-electron chi connectivity index (χ3n) is 3.98. The molecule has 26 heavy (non-hydrogen) atoms. The van der Waals surface area contributed by atoms with E-state index in [1.54, 1.807) is 24.3 Å². The molecule has 1 aromatic heterocycles. The largest absolute Gasteiger partial charge is 0.482 e. The van der Waals surface area contributed by atoms with Crippen LogP contribution in [0.15, 0.2) is 36.4 Å². The first-order chi connectivity index (χ1) is 12.5. The average molecular weight is 375 g/mol. The predicted octanol–water partition coefficient (Wildman–Crippen LogP) is 2.72. The molecule has 7 nitrogen and oxygen atoms in total. The average Bonchev–Trinajstić information content (AvgIpc) is 2.98. The maximum atomic E-state index is 14.2. The van der Waals surface area contributed by atoms with Crippen molar-refractivity contribution in [1.29, 1.82) is 0 Å². The van der Waals surface area contributed by atoms with Crippen LogP contribution >= 0.6 is 11.6 Å². The van der Waals surface area contributed by atoms with Gasteiger partial charge in [-0.05, 0) is 18.2 Å². The van der Waals surface area contributed by atoms with Gasteiger partial charge in [0, 0.05) is 11.5 Å². The van der Waals surface area contributed by atoms with Crippen LogP contribution in [0.5, 0.6) is 5.75 Å². The van der Waals surface area contributed by atoms with Crippen LogP contribution in [0.3, 0.4) is 0 Å². The fourth-order valence-electron chi connectivity index (χ4n) is 2.76. The number of carbonyl (C=O) groups excluding carboxylic acids is 2. The number of nitrogens with one attached hydrogen (secondary N) is 2. The number of amides is 2. The lowest BCUT2D eigenvalue weighted by Gasteiger charge is -2.28. The number of nitrogens with zero attached hydrogens (tertiary/aromatic N) is 2. The van der Waals surface area contributed by atoms with Crippen LogP contribution in [0.25, 0.3) is 10.9 Å². The zero-order chi connectivity index (χ0) is 18.3. The lowest BCUT2D eigenvalue weighted by Crippen LogP contribution is -2.43. The molecule has 0 radical (unpaired) electrons. The number of hydrogen-bond donors (Lipinski definition) is 2. The molecule has 1 aliphatic rings. The minimum atomic E-state index is -0.650. The molecule has 0 aliphatic carbocycles. The molecule has 2 N–H and O–H groups in total. The van der Waals surface area contributed by atoms with Gasteiger partial charge in [-0.1, -0.05) is 23.7 Å². The Morgan fingerprint density at radius 3 is 3.04 bits per heavy atom. The molecule has 9 heteroatoms. The van der Waals surface area contributed by atoms with Crippen molar-refractivity contribution in [1.82, 2.24) is 10.2 Å². The Morgan fingerprint density at radius 2 is 2.19 bits per heavy atom. The summed E-state index contributed by atoms with van der Waals surface area (Å²) < 4.78 is 19.5. The number of fused-ring (bicyclic) bond motifs is 2. The molecule has 0 fully saturated rings. The fraction of sp³-hybridized carbons (Fsp3) is 0.118. The lowest BCUT2D eigenvalue weighted by atomic mass is 10.2. The zero-order valence-electron chi connectivity index (χ0n) is 13.3. The number of ether oxygens (including phenoxy) is 1. The Labute approximate surface area is 151 Å². The summed E-state index contributed by atoms with van der Waals surface area (Å²) in [6.45, 7) is -0.426. The Morgan fingerprint density at radius 1 is 1.38 bits per heavy atom. The van der Waals surface area contributed by atoms with Crippen molar-refractivity contribution in [2.45, 2.75) is 0 Å². The van der Waals surface area contributed by atoms with Crippen molar-refractivity contribution in [3.05, 3.63) is 47.4 Å². The number of aromatic nitrogens is 2. The number of halogens is 2. The van der Waals surface area contributed by atoms with Crippen molar-refractivity contribution in [3.8, 4) is 5.75 Å². The Kier molecular flexibility index (Phi) is 3.96. The third kappa shape index (κ3) is 2.84. The van der Waals surface area contributed by atoms with E-state index < -0.39 is 11.7 Å². The molecular weight excluding hydrogens is 363 g/mol. The van der Waals surface area contributed by atoms with E-state index in [2.05, 4.69) is 15.5 Å². The highest BCUT2D eigenvalue weighted by Crippen LogP contribution is 2.31. The van der Waals surface area contributed by atoms with E-state index in [1.165, 1.54) is 17.0 Å². The van der Waals surface area contributed by atoms with Crippen LogP contribution in [0.4, 0.5) is 15.8 Å². The topological polar surface area (TPSA) is 87.3 Å². The summed E-state index contributed by atoms with van der Waals surface area (Å²) in [6.07, 6.45) is 0. The van der Waals surface area contributed by atoms with Crippen LogP contribution in [0.1, 0.15) is 0 Å². The zero-order valence-corrected chi connectivity index (χ0v) is 14.0. The van der Waals surface area contributed by atoms with Gasteiger partial charge in [0.25, 0.3) is 5.91 Å². The molecule has 1 aliphatic heterocycles. The monoisotopic (exact) mass is 374 g/mol. The number of H-pyrrole nitrogens is 1. The van der Waals surface area contributed by atoms with Crippen LogP contribution in [0.2, 0.25) is 5.15 Å². The number of rotatable bonds is 3. The third-order valence-corrected chi connectivity index (χ3v) is 4.27. The van der Waals surface area contributed by atoms with Crippen molar-refractivity contribution >= 4 is 45.7 Å². The SMILES string of the molecule is O=C(CN1C(=O)COc2ccccc21)Nc1cc2c(Cl)[nH]nc2cc1F. The number of aromatic amines is 1. The molecule has 2 amide bonds. The Bertz CT molecular complexity index is 1040. The summed E-state index contributed by atoms with van der Waals surface area (Å²) >= 11 is 5.94. The molecule has 2 aromatic carbocycles. The summed E-state index contributed by atoms with van der Waals surface area (Å²) in [5.74, 6) is -1.04. The smallest absolute Gasteiger partial charge is 0.265 e. The van der Waals surface area contributed by atoms with Crippen LogP contribution in [0, 0.1) is 5.82 Å². The minimum Gasteiger partial charge on any atom is -0.482 e. The quantitative estimate of drug-likeness (QED) is 0.738. The highest BCUT2D eigenvalue weighted by molar-refractivity contribution is 6.34. The lowest BCUT2D eigenvalue weighted by molar-refractivity contribution is -0.123. The molecule has 0 saturated carbocycles. The van der Waals surface area contributed by atoms with E-state index in [0.717, 1.165) is 0 Å². The normalized spacial score (nSPS) is 13.5. The Hall–Kier alpha value is -3.13. The standard InChI is InChI=1S/C17H12ClFN4O3/c18-17-9-5-12(10(19)6-11(9)21-22-17)20-15(24)7-23-13-3-1-2-4-14(13)26-8-16(23)25/h1-6H,7-8H2,(H,20,24)(H,21,22). The number of benzene rings is 2. The molecule has 0 atom stereocenters. The second kappa shape index (κ2) is 6.30. The van der Waals surface area contributed by atoms with Crippen LogP contribution in [-0.4, -0.2) is 35.2 Å². The number of anilines is 2. The van der Waals surface area contributed by atoms with Gasteiger partial charge in [-0.25, -0.2) is 4.39 Å². The van der Waals surface area contributed by atoms with Gasteiger partial charge in [0.15, 0.2) is 6.61 Å². The van der Waals surface area contributed by atoms with E-state index in [1.807, 2.05) is 0 Å². The first kappa shape index (κ1) is 16.3.